The van der Waals surface area contributed by atoms with Gasteiger partial charge in [-0.05, 0) is 75.8 Å². The van der Waals surface area contributed by atoms with E-state index < -0.39 is 0 Å². The molecule has 2 saturated carbocycles. The number of thioether (sulfide) groups is 1. The number of nitrogens with zero attached hydrogens (tertiary/aromatic N) is 1. The van der Waals surface area contributed by atoms with E-state index >= 15 is 0 Å². The molecule has 3 rings (SSSR count). The number of rotatable bonds is 10. The van der Waals surface area contributed by atoms with Crippen LogP contribution in [0.5, 0.6) is 5.75 Å². The van der Waals surface area contributed by atoms with Crippen molar-refractivity contribution in [1.29, 1.82) is 0 Å². The molecule has 0 radical (unpaired) electrons. The highest BCUT2D eigenvalue weighted by atomic mass is 32.2. The second-order valence-electron chi connectivity index (χ2n) is 7.67. The first kappa shape index (κ1) is 19.1. The standard InChI is InChI=1S/C22H29NO2S/c1-16(2)10-19(13-23(15-24)12-17-4-5-17)21-11-20(26-3)8-9-22(21)25-14-18-6-7-18/h8-11,13,15,17-18H,4-7,12,14H2,1-3H3/b19-13+. The van der Waals surface area contributed by atoms with E-state index in [4.69, 9.17) is 4.74 Å². The van der Waals surface area contributed by atoms with Gasteiger partial charge in [-0.25, -0.2) is 0 Å². The lowest BCUT2D eigenvalue weighted by atomic mass is 10.0. The normalized spacial score (nSPS) is 17.0. The maximum atomic E-state index is 11.6. The molecule has 0 aromatic heterocycles. The number of ether oxygens (including phenoxy) is 1. The lowest BCUT2D eigenvalue weighted by Gasteiger charge is -2.17. The first-order valence-corrected chi connectivity index (χ1v) is 10.7. The predicted octanol–water partition coefficient (Wildman–Crippen LogP) is 5.37. The molecule has 26 heavy (non-hydrogen) atoms. The van der Waals surface area contributed by atoms with Gasteiger partial charge in [0.15, 0.2) is 0 Å². The Morgan fingerprint density at radius 1 is 1.23 bits per heavy atom. The van der Waals surface area contributed by atoms with Crippen molar-refractivity contribution < 1.29 is 9.53 Å². The van der Waals surface area contributed by atoms with Crippen molar-refractivity contribution in [2.24, 2.45) is 11.8 Å². The van der Waals surface area contributed by atoms with Gasteiger partial charge in [0.1, 0.15) is 5.75 Å². The van der Waals surface area contributed by atoms with Gasteiger partial charge >= 0.3 is 0 Å². The molecule has 0 heterocycles. The number of carbonyl (C=O) groups is 1. The van der Waals surface area contributed by atoms with E-state index in [2.05, 4.69) is 44.4 Å². The van der Waals surface area contributed by atoms with E-state index in [-0.39, 0.29) is 0 Å². The Balaban J connectivity index is 1.94. The summed E-state index contributed by atoms with van der Waals surface area (Å²) in [6, 6.07) is 6.36. The van der Waals surface area contributed by atoms with E-state index in [1.54, 1.807) is 16.7 Å². The minimum absolute atomic E-state index is 0.660. The molecule has 3 nitrogen and oxygen atoms in total. The van der Waals surface area contributed by atoms with Crippen molar-refractivity contribution in [3.63, 3.8) is 0 Å². The predicted molar refractivity (Wildman–Crippen MR) is 109 cm³/mol. The van der Waals surface area contributed by atoms with Crippen LogP contribution in [0, 0.1) is 11.8 Å². The number of benzene rings is 1. The number of hydrogen-bond acceptors (Lipinski definition) is 3. The molecular formula is C22H29NO2S. The third-order valence-corrected chi connectivity index (χ3v) is 5.44. The van der Waals surface area contributed by atoms with Crippen LogP contribution < -0.4 is 4.74 Å². The third-order valence-electron chi connectivity index (χ3n) is 4.72. The number of allylic oxidation sites excluding steroid dienone is 3. The molecule has 2 aliphatic carbocycles. The Morgan fingerprint density at radius 2 is 1.96 bits per heavy atom. The van der Waals surface area contributed by atoms with Crippen LogP contribution in [0.2, 0.25) is 0 Å². The molecule has 0 aliphatic heterocycles. The highest BCUT2D eigenvalue weighted by molar-refractivity contribution is 7.98. The van der Waals surface area contributed by atoms with Crippen LogP contribution in [0.3, 0.4) is 0 Å². The summed E-state index contributed by atoms with van der Waals surface area (Å²) in [5.74, 6) is 2.28. The van der Waals surface area contributed by atoms with Crippen LogP contribution in [-0.2, 0) is 4.79 Å². The second kappa shape index (κ2) is 8.81. The molecule has 4 heteroatoms. The maximum absolute atomic E-state index is 11.6. The zero-order chi connectivity index (χ0) is 18.5. The van der Waals surface area contributed by atoms with Gasteiger partial charge in [-0.2, -0.15) is 0 Å². The van der Waals surface area contributed by atoms with E-state index in [1.165, 1.54) is 36.2 Å². The van der Waals surface area contributed by atoms with Crippen molar-refractivity contribution in [3.8, 4) is 5.75 Å². The smallest absolute Gasteiger partial charge is 0.213 e. The van der Waals surface area contributed by atoms with Crippen molar-refractivity contribution >= 4 is 23.7 Å². The van der Waals surface area contributed by atoms with E-state index in [0.717, 1.165) is 36.4 Å². The van der Waals surface area contributed by atoms with Gasteiger partial charge < -0.3 is 9.64 Å². The summed E-state index contributed by atoms with van der Waals surface area (Å²) < 4.78 is 6.15. The molecule has 1 amide bonds. The fourth-order valence-corrected chi connectivity index (χ4v) is 3.32. The zero-order valence-electron chi connectivity index (χ0n) is 16.0. The molecule has 2 aliphatic rings. The molecule has 0 spiro atoms. The zero-order valence-corrected chi connectivity index (χ0v) is 16.8. The highest BCUT2D eigenvalue weighted by Crippen LogP contribution is 2.35. The molecule has 0 N–H and O–H groups in total. The molecule has 0 unspecified atom stereocenters. The molecule has 1 aromatic rings. The van der Waals surface area contributed by atoms with Crippen LogP contribution in [0.4, 0.5) is 0 Å². The van der Waals surface area contributed by atoms with Crippen LogP contribution >= 0.6 is 11.8 Å². The number of amides is 1. The average molecular weight is 372 g/mol. The number of carbonyl (C=O) groups excluding carboxylic acids is 1. The van der Waals surface area contributed by atoms with Gasteiger partial charge in [0.25, 0.3) is 0 Å². The largest absolute Gasteiger partial charge is 0.493 e. The van der Waals surface area contributed by atoms with Gasteiger partial charge in [0.05, 0.1) is 6.61 Å². The van der Waals surface area contributed by atoms with Crippen LogP contribution in [-0.4, -0.2) is 30.7 Å². The van der Waals surface area contributed by atoms with Gasteiger partial charge in [-0.1, -0.05) is 11.6 Å². The summed E-state index contributed by atoms with van der Waals surface area (Å²) in [7, 11) is 0. The van der Waals surface area contributed by atoms with Crippen molar-refractivity contribution in [3.05, 3.63) is 41.6 Å². The van der Waals surface area contributed by atoms with Crippen molar-refractivity contribution in [2.45, 2.75) is 44.4 Å². The summed E-state index contributed by atoms with van der Waals surface area (Å²) in [6.07, 6.45) is 12.2. The molecule has 0 atom stereocenters. The minimum Gasteiger partial charge on any atom is -0.493 e. The summed E-state index contributed by atoms with van der Waals surface area (Å²) in [5, 5.41) is 0. The monoisotopic (exact) mass is 371 g/mol. The first-order valence-electron chi connectivity index (χ1n) is 9.48. The fourth-order valence-electron chi connectivity index (χ4n) is 2.88. The Bertz CT molecular complexity index is 698. The molecule has 0 bridgehead atoms. The van der Waals surface area contributed by atoms with Gasteiger partial charge in [-0.3, -0.25) is 4.79 Å². The topological polar surface area (TPSA) is 29.5 Å². The highest BCUT2D eigenvalue weighted by Gasteiger charge is 2.24. The van der Waals surface area contributed by atoms with E-state index in [1.807, 2.05) is 6.20 Å². The Morgan fingerprint density at radius 3 is 2.54 bits per heavy atom. The summed E-state index contributed by atoms with van der Waals surface area (Å²) in [6.45, 7) is 5.77. The van der Waals surface area contributed by atoms with Gasteiger partial charge in [-0.15, -0.1) is 11.8 Å². The third kappa shape index (κ3) is 5.66. The SMILES string of the molecule is CSc1ccc(OCC2CC2)c(/C(C=C(C)C)=C/N(C=O)CC2CC2)c1. The molecular weight excluding hydrogens is 342 g/mol. The van der Waals surface area contributed by atoms with Crippen LogP contribution in [0.1, 0.15) is 45.1 Å². The van der Waals surface area contributed by atoms with Gasteiger partial charge in [0.2, 0.25) is 6.41 Å². The minimum atomic E-state index is 0.660. The van der Waals surface area contributed by atoms with Gasteiger partial charge in [0, 0.05) is 28.8 Å². The van der Waals surface area contributed by atoms with Crippen molar-refractivity contribution in [2.75, 3.05) is 19.4 Å². The average Bonchev–Trinajstić information content (AvgIpc) is 3.53. The molecule has 0 saturated heterocycles. The van der Waals surface area contributed by atoms with E-state index in [0.29, 0.717) is 11.8 Å². The summed E-state index contributed by atoms with van der Waals surface area (Å²) >= 11 is 1.72. The van der Waals surface area contributed by atoms with Crippen molar-refractivity contribution in [1.82, 2.24) is 4.90 Å². The van der Waals surface area contributed by atoms with Crippen LogP contribution in [0.15, 0.2) is 40.9 Å². The maximum Gasteiger partial charge on any atom is 0.213 e. The Labute approximate surface area is 161 Å². The second-order valence-corrected chi connectivity index (χ2v) is 8.55. The Hall–Kier alpha value is -1.68. The first-order chi connectivity index (χ1) is 12.6. The Kier molecular flexibility index (Phi) is 6.47. The number of hydrogen-bond donors (Lipinski definition) is 0. The summed E-state index contributed by atoms with van der Waals surface area (Å²) in [4.78, 5) is 14.6. The molecule has 1 aromatic carbocycles. The lowest BCUT2D eigenvalue weighted by molar-refractivity contribution is -0.116. The molecule has 2 fully saturated rings. The van der Waals surface area contributed by atoms with Crippen LogP contribution in [0.25, 0.3) is 5.57 Å². The lowest BCUT2D eigenvalue weighted by Crippen LogP contribution is -2.18. The quantitative estimate of drug-likeness (QED) is 0.314. The summed E-state index contributed by atoms with van der Waals surface area (Å²) in [5.41, 5.74) is 3.32. The fraction of sp³-hybridized carbons (Fsp3) is 0.500. The molecule has 140 valence electrons. The van der Waals surface area contributed by atoms with E-state index in [9.17, 15) is 4.79 Å².